The number of guanidine groups is 1. The molecule has 8 heteroatoms. The van der Waals surface area contributed by atoms with Crippen molar-refractivity contribution in [3.8, 4) is 11.5 Å². The minimum atomic E-state index is -0.0703. The van der Waals surface area contributed by atoms with Crippen molar-refractivity contribution in [2.45, 2.75) is 13.0 Å². The quantitative estimate of drug-likeness (QED) is 0.591. The topological polar surface area (TPSA) is 79.5 Å². The molecule has 1 atom stereocenters. The van der Waals surface area contributed by atoms with Crippen LogP contribution in [0.3, 0.4) is 0 Å². The van der Waals surface area contributed by atoms with E-state index in [1.807, 2.05) is 31.2 Å². The van der Waals surface area contributed by atoms with Crippen molar-refractivity contribution < 1.29 is 18.7 Å². The molecule has 0 spiro atoms. The largest absolute Gasteiger partial charge is 0.497 e. The minimum Gasteiger partial charge on any atom is -0.497 e. The SMILES string of the molecule is CN=C(NCC(C)Oc1ccc(OC)cc1)N1CCN(C(=O)c2ccco2)CC1. The maximum atomic E-state index is 12.4. The molecular formula is C21H28N4O4. The number of benzene rings is 1. The molecule has 1 saturated heterocycles. The van der Waals surface area contributed by atoms with E-state index in [-0.39, 0.29) is 12.0 Å². The highest BCUT2D eigenvalue weighted by Gasteiger charge is 2.25. The Bertz CT molecular complexity index is 797. The number of ether oxygens (including phenoxy) is 2. The normalized spacial score (nSPS) is 15.8. The Hall–Kier alpha value is -3.16. The van der Waals surface area contributed by atoms with Crippen LogP contribution in [-0.2, 0) is 0 Å². The molecule has 1 fully saturated rings. The van der Waals surface area contributed by atoms with Gasteiger partial charge in [0.15, 0.2) is 11.7 Å². The third-order valence-electron chi connectivity index (χ3n) is 4.75. The number of hydrogen-bond donors (Lipinski definition) is 1. The van der Waals surface area contributed by atoms with Crippen LogP contribution >= 0.6 is 0 Å². The Morgan fingerprint density at radius 2 is 1.79 bits per heavy atom. The maximum absolute atomic E-state index is 12.4. The van der Waals surface area contributed by atoms with Crippen molar-refractivity contribution in [2.24, 2.45) is 4.99 Å². The smallest absolute Gasteiger partial charge is 0.289 e. The van der Waals surface area contributed by atoms with Crippen molar-refractivity contribution in [3.63, 3.8) is 0 Å². The van der Waals surface area contributed by atoms with Gasteiger partial charge in [0.25, 0.3) is 5.91 Å². The van der Waals surface area contributed by atoms with Crippen molar-refractivity contribution in [3.05, 3.63) is 48.4 Å². The second-order valence-corrected chi connectivity index (χ2v) is 6.79. The second kappa shape index (κ2) is 9.86. The van der Waals surface area contributed by atoms with E-state index in [4.69, 9.17) is 13.9 Å². The van der Waals surface area contributed by atoms with E-state index in [0.717, 1.165) is 17.5 Å². The summed E-state index contributed by atoms with van der Waals surface area (Å²) in [6.07, 6.45) is 1.48. The fourth-order valence-corrected chi connectivity index (χ4v) is 3.17. The van der Waals surface area contributed by atoms with Crippen molar-refractivity contribution in [1.82, 2.24) is 15.1 Å². The molecule has 3 rings (SSSR count). The lowest BCUT2D eigenvalue weighted by Crippen LogP contribution is -2.54. The lowest BCUT2D eigenvalue weighted by Gasteiger charge is -2.36. The van der Waals surface area contributed by atoms with Gasteiger partial charge in [0, 0.05) is 33.2 Å². The van der Waals surface area contributed by atoms with Crippen LogP contribution in [0.15, 0.2) is 52.1 Å². The van der Waals surface area contributed by atoms with Crippen LogP contribution in [-0.4, -0.2) is 74.7 Å². The number of nitrogens with zero attached hydrogens (tertiary/aromatic N) is 3. The summed E-state index contributed by atoms with van der Waals surface area (Å²) < 4.78 is 16.3. The Morgan fingerprint density at radius 3 is 2.38 bits per heavy atom. The predicted molar refractivity (Wildman–Crippen MR) is 111 cm³/mol. The van der Waals surface area contributed by atoms with Crippen LogP contribution in [0.1, 0.15) is 17.5 Å². The van der Waals surface area contributed by atoms with Crippen molar-refractivity contribution >= 4 is 11.9 Å². The highest BCUT2D eigenvalue weighted by atomic mass is 16.5. The first kappa shape index (κ1) is 20.6. The van der Waals surface area contributed by atoms with Gasteiger partial charge in [-0.15, -0.1) is 0 Å². The van der Waals surface area contributed by atoms with E-state index >= 15 is 0 Å². The standard InChI is InChI=1S/C21H28N4O4/c1-16(29-18-8-6-17(27-3)7-9-18)15-23-21(22-2)25-12-10-24(11-13-25)20(26)19-5-4-14-28-19/h4-9,14,16H,10-13,15H2,1-3H3,(H,22,23). The summed E-state index contributed by atoms with van der Waals surface area (Å²) >= 11 is 0. The molecule has 29 heavy (non-hydrogen) atoms. The van der Waals surface area contributed by atoms with Gasteiger partial charge < -0.3 is 29.0 Å². The molecule has 1 aromatic carbocycles. The minimum absolute atomic E-state index is 0.0398. The van der Waals surface area contributed by atoms with Crippen LogP contribution in [0.25, 0.3) is 0 Å². The zero-order chi connectivity index (χ0) is 20.6. The van der Waals surface area contributed by atoms with Gasteiger partial charge in [-0.1, -0.05) is 0 Å². The fraction of sp³-hybridized carbons (Fsp3) is 0.429. The van der Waals surface area contributed by atoms with Crippen LogP contribution in [0, 0.1) is 0 Å². The molecule has 0 aliphatic carbocycles. The first-order valence-corrected chi connectivity index (χ1v) is 9.69. The van der Waals surface area contributed by atoms with Crippen LogP contribution < -0.4 is 14.8 Å². The highest BCUT2D eigenvalue weighted by molar-refractivity contribution is 5.91. The number of carbonyl (C=O) groups is 1. The van der Waals surface area contributed by atoms with Gasteiger partial charge in [-0.25, -0.2) is 0 Å². The summed E-state index contributed by atoms with van der Waals surface area (Å²) in [5.74, 6) is 2.71. The first-order valence-electron chi connectivity index (χ1n) is 9.69. The number of rotatable bonds is 6. The average Bonchev–Trinajstić information content (AvgIpc) is 3.29. The predicted octanol–water partition coefficient (Wildman–Crippen LogP) is 2.09. The van der Waals surface area contributed by atoms with E-state index in [1.165, 1.54) is 6.26 Å². The van der Waals surface area contributed by atoms with Gasteiger partial charge in [-0.3, -0.25) is 9.79 Å². The van der Waals surface area contributed by atoms with Crippen LogP contribution in [0.2, 0.25) is 0 Å². The molecule has 8 nitrogen and oxygen atoms in total. The molecule has 0 bridgehead atoms. The molecule has 0 radical (unpaired) electrons. The molecule has 1 N–H and O–H groups in total. The van der Waals surface area contributed by atoms with Crippen LogP contribution in [0.4, 0.5) is 0 Å². The Morgan fingerprint density at radius 1 is 1.14 bits per heavy atom. The van der Waals surface area contributed by atoms with E-state index < -0.39 is 0 Å². The molecule has 1 aliphatic heterocycles. The Kier molecular flexibility index (Phi) is 6.99. The molecule has 156 valence electrons. The third kappa shape index (κ3) is 5.43. The van der Waals surface area contributed by atoms with Gasteiger partial charge in [-0.2, -0.15) is 0 Å². The second-order valence-electron chi connectivity index (χ2n) is 6.79. The zero-order valence-electron chi connectivity index (χ0n) is 17.1. The van der Waals surface area contributed by atoms with E-state index in [2.05, 4.69) is 15.2 Å². The average molecular weight is 400 g/mol. The van der Waals surface area contributed by atoms with Gasteiger partial charge in [0.2, 0.25) is 0 Å². The molecule has 2 heterocycles. The number of nitrogens with one attached hydrogen (secondary N) is 1. The number of furan rings is 1. The Labute approximate surface area is 171 Å². The molecule has 1 aromatic heterocycles. The van der Waals surface area contributed by atoms with E-state index in [0.29, 0.717) is 38.5 Å². The van der Waals surface area contributed by atoms with Gasteiger partial charge in [-0.05, 0) is 43.3 Å². The van der Waals surface area contributed by atoms with Gasteiger partial charge in [0.05, 0.1) is 19.9 Å². The van der Waals surface area contributed by atoms with Crippen LogP contribution in [0.5, 0.6) is 11.5 Å². The van der Waals surface area contributed by atoms with E-state index in [9.17, 15) is 4.79 Å². The number of methoxy groups -OCH3 is 1. The summed E-state index contributed by atoms with van der Waals surface area (Å²) in [5.41, 5.74) is 0. The number of aliphatic imine (C=N–C) groups is 1. The summed E-state index contributed by atoms with van der Waals surface area (Å²) in [7, 11) is 3.40. The molecule has 1 unspecified atom stereocenters. The molecule has 1 aliphatic rings. The fourth-order valence-electron chi connectivity index (χ4n) is 3.17. The number of hydrogen-bond acceptors (Lipinski definition) is 5. The molecule has 2 aromatic rings. The first-order chi connectivity index (χ1) is 14.1. The van der Waals surface area contributed by atoms with Gasteiger partial charge >= 0.3 is 0 Å². The van der Waals surface area contributed by atoms with Crippen molar-refractivity contribution in [1.29, 1.82) is 0 Å². The summed E-state index contributed by atoms with van der Waals surface area (Å²) in [4.78, 5) is 20.7. The maximum Gasteiger partial charge on any atom is 0.289 e. The summed E-state index contributed by atoms with van der Waals surface area (Å²) in [6, 6.07) is 10.9. The van der Waals surface area contributed by atoms with Crippen molar-refractivity contribution in [2.75, 3.05) is 46.9 Å². The number of amides is 1. The number of piperazine rings is 1. The van der Waals surface area contributed by atoms with E-state index in [1.54, 1.807) is 31.2 Å². The zero-order valence-corrected chi connectivity index (χ0v) is 17.1. The molecule has 1 amide bonds. The molecular weight excluding hydrogens is 372 g/mol. The Balaban J connectivity index is 1.45. The number of carbonyl (C=O) groups excluding carboxylic acids is 1. The summed E-state index contributed by atoms with van der Waals surface area (Å²) in [6.45, 7) is 5.28. The molecule has 0 saturated carbocycles. The van der Waals surface area contributed by atoms with Gasteiger partial charge in [0.1, 0.15) is 17.6 Å². The summed E-state index contributed by atoms with van der Waals surface area (Å²) in [5, 5.41) is 3.36. The lowest BCUT2D eigenvalue weighted by atomic mass is 10.3. The third-order valence-corrected chi connectivity index (χ3v) is 4.75. The highest BCUT2D eigenvalue weighted by Crippen LogP contribution is 2.18. The lowest BCUT2D eigenvalue weighted by molar-refractivity contribution is 0.0657. The monoisotopic (exact) mass is 400 g/mol.